The smallest absolute Gasteiger partial charge is 0.377 e. The molecule has 0 spiro atoms. The summed E-state index contributed by atoms with van der Waals surface area (Å²) in [4.78, 5) is 0. The van der Waals surface area contributed by atoms with Crippen LogP contribution in [0, 0.1) is 0 Å². The van der Waals surface area contributed by atoms with Gasteiger partial charge in [-0.1, -0.05) is 40.9 Å². The molecule has 2 aromatic carbocycles. The molecule has 11 heteroatoms. The van der Waals surface area contributed by atoms with E-state index in [1.807, 2.05) is 0 Å². The van der Waals surface area contributed by atoms with Gasteiger partial charge in [-0.25, -0.2) is 0 Å². The lowest BCUT2D eigenvalue weighted by molar-refractivity contribution is -0.0500. The summed E-state index contributed by atoms with van der Waals surface area (Å²) in [7, 11) is -5.78. The third kappa shape index (κ3) is 4.88. The first-order valence-electron chi connectivity index (χ1n) is 6.92. The predicted molar refractivity (Wildman–Crippen MR) is 95.6 cm³/mol. The first kappa shape index (κ1) is 21.0. The van der Waals surface area contributed by atoms with Crippen LogP contribution in [-0.4, -0.2) is 13.9 Å². The molecule has 2 aromatic rings. The molecular formula is C15H11Cl3F3NO3S. The van der Waals surface area contributed by atoms with E-state index in [1.165, 1.54) is 12.1 Å². The second-order valence-electron chi connectivity index (χ2n) is 5.16. The summed E-state index contributed by atoms with van der Waals surface area (Å²) >= 11 is 18.0. The fourth-order valence-corrected chi connectivity index (χ4v) is 3.20. The lowest BCUT2D eigenvalue weighted by atomic mass is 10.1. The lowest BCUT2D eigenvalue weighted by Crippen LogP contribution is -2.28. The highest BCUT2D eigenvalue weighted by Crippen LogP contribution is 2.34. The van der Waals surface area contributed by atoms with Gasteiger partial charge < -0.3 is 9.50 Å². The van der Waals surface area contributed by atoms with E-state index in [0.717, 1.165) is 12.1 Å². The summed E-state index contributed by atoms with van der Waals surface area (Å²) in [5.74, 6) is -0.538. The van der Waals surface area contributed by atoms with Crippen molar-refractivity contribution in [1.29, 1.82) is 0 Å². The van der Waals surface area contributed by atoms with Gasteiger partial charge in [0.15, 0.2) is 0 Å². The number of hydrogen-bond donors (Lipinski definition) is 1. The molecule has 0 aliphatic rings. The summed E-state index contributed by atoms with van der Waals surface area (Å²) in [5.41, 5.74) is -4.72. The molecule has 0 aliphatic heterocycles. The zero-order valence-electron chi connectivity index (χ0n) is 12.9. The Bertz CT molecular complexity index is 920. The maximum absolute atomic E-state index is 12.4. The van der Waals surface area contributed by atoms with Crippen LogP contribution in [-0.2, 0) is 10.1 Å². The van der Waals surface area contributed by atoms with Gasteiger partial charge in [0.2, 0.25) is 0 Å². The Kier molecular flexibility index (Phi) is 6.22. The van der Waals surface area contributed by atoms with E-state index >= 15 is 0 Å². The largest absolute Gasteiger partial charge is 0.534 e. The van der Waals surface area contributed by atoms with Crippen LogP contribution in [0.25, 0.3) is 0 Å². The Morgan fingerprint density at radius 1 is 1.04 bits per heavy atom. The van der Waals surface area contributed by atoms with Gasteiger partial charge in [0.05, 0.1) is 16.8 Å². The molecule has 0 saturated heterocycles. The van der Waals surface area contributed by atoms with Crippen molar-refractivity contribution in [3.63, 3.8) is 0 Å². The summed E-state index contributed by atoms with van der Waals surface area (Å²) in [6.07, 6.45) is 0. The molecule has 0 aliphatic carbocycles. The summed E-state index contributed by atoms with van der Waals surface area (Å²) in [5, 5.41) is 3.90. The second-order valence-corrected chi connectivity index (χ2v) is 7.95. The SMILES string of the molecule is CC(Nc1cc(OS(=O)(=O)C(F)(F)F)ccc1Cl)c1ccc(Cl)cc1Cl. The van der Waals surface area contributed by atoms with E-state index < -0.39 is 27.4 Å². The van der Waals surface area contributed by atoms with Gasteiger partial charge in [-0.15, -0.1) is 0 Å². The molecule has 4 nitrogen and oxygen atoms in total. The third-order valence-electron chi connectivity index (χ3n) is 3.23. The molecule has 0 heterocycles. The summed E-state index contributed by atoms with van der Waals surface area (Å²) in [6.45, 7) is 1.73. The molecule has 0 saturated carbocycles. The predicted octanol–water partition coefficient (Wildman–Crippen LogP) is 6.05. The van der Waals surface area contributed by atoms with Crippen molar-refractivity contribution < 1.29 is 25.8 Å². The maximum Gasteiger partial charge on any atom is 0.534 e. The van der Waals surface area contributed by atoms with E-state index in [1.54, 1.807) is 19.1 Å². The molecule has 26 heavy (non-hydrogen) atoms. The number of halogens is 6. The maximum atomic E-state index is 12.4. The van der Waals surface area contributed by atoms with Crippen LogP contribution in [0.15, 0.2) is 36.4 Å². The van der Waals surface area contributed by atoms with Gasteiger partial charge in [-0.3, -0.25) is 0 Å². The Balaban J connectivity index is 2.27. The van der Waals surface area contributed by atoms with Gasteiger partial charge in [0.25, 0.3) is 0 Å². The molecule has 0 fully saturated rings. The highest BCUT2D eigenvalue weighted by molar-refractivity contribution is 7.88. The normalized spacial score (nSPS) is 13.3. The van der Waals surface area contributed by atoms with Gasteiger partial charge in [0, 0.05) is 16.1 Å². The van der Waals surface area contributed by atoms with Gasteiger partial charge >= 0.3 is 15.6 Å². The van der Waals surface area contributed by atoms with Crippen molar-refractivity contribution >= 4 is 50.6 Å². The first-order valence-corrected chi connectivity index (χ1v) is 9.47. The Morgan fingerprint density at radius 2 is 1.69 bits per heavy atom. The monoisotopic (exact) mass is 447 g/mol. The summed E-state index contributed by atoms with van der Waals surface area (Å²) in [6, 6.07) is 7.69. The summed E-state index contributed by atoms with van der Waals surface area (Å²) < 4.78 is 63.6. The average molecular weight is 449 g/mol. The minimum absolute atomic E-state index is 0.152. The van der Waals surface area contributed by atoms with Crippen LogP contribution in [0.5, 0.6) is 5.75 Å². The van der Waals surface area contributed by atoms with Gasteiger partial charge in [-0.2, -0.15) is 21.6 Å². The van der Waals surface area contributed by atoms with E-state index in [-0.39, 0.29) is 10.7 Å². The second kappa shape index (κ2) is 7.72. The highest BCUT2D eigenvalue weighted by Gasteiger charge is 2.48. The van der Waals surface area contributed by atoms with Crippen molar-refractivity contribution in [2.24, 2.45) is 0 Å². The topological polar surface area (TPSA) is 55.4 Å². The van der Waals surface area contributed by atoms with Crippen LogP contribution in [0.4, 0.5) is 18.9 Å². The zero-order chi connectivity index (χ0) is 19.7. The Labute approximate surface area is 162 Å². The van der Waals surface area contributed by atoms with Gasteiger partial charge in [0.1, 0.15) is 5.75 Å². The molecule has 1 unspecified atom stereocenters. The zero-order valence-corrected chi connectivity index (χ0v) is 16.0. The van der Waals surface area contributed by atoms with Crippen molar-refractivity contribution in [2.45, 2.75) is 18.5 Å². The Hall–Kier alpha value is -1.35. The standard InChI is InChI=1S/C15H11Cl3F3NO3S/c1-8(11-4-2-9(16)6-13(11)18)22-14-7-10(3-5-12(14)17)25-26(23,24)15(19,20)21/h2-8,22H,1H3. The number of alkyl halides is 3. The number of anilines is 1. The fraction of sp³-hybridized carbons (Fsp3) is 0.200. The van der Waals surface area contributed by atoms with Gasteiger partial charge in [-0.05, 0) is 36.8 Å². The molecule has 2 rings (SSSR count). The van der Waals surface area contributed by atoms with Crippen LogP contribution in [0.2, 0.25) is 15.1 Å². The molecule has 0 radical (unpaired) electrons. The average Bonchev–Trinajstić information content (AvgIpc) is 2.49. The quantitative estimate of drug-likeness (QED) is 0.447. The van der Waals surface area contributed by atoms with Crippen LogP contribution in [0.3, 0.4) is 0 Å². The minimum atomic E-state index is -5.78. The van der Waals surface area contributed by atoms with Crippen LogP contribution in [0.1, 0.15) is 18.5 Å². The molecule has 1 atom stereocenters. The van der Waals surface area contributed by atoms with Crippen molar-refractivity contribution in [2.75, 3.05) is 5.32 Å². The van der Waals surface area contributed by atoms with E-state index in [9.17, 15) is 21.6 Å². The number of nitrogens with one attached hydrogen (secondary N) is 1. The molecule has 0 aromatic heterocycles. The minimum Gasteiger partial charge on any atom is -0.377 e. The third-order valence-corrected chi connectivity index (χ3v) is 5.10. The van der Waals surface area contributed by atoms with Crippen LogP contribution >= 0.6 is 34.8 Å². The fourth-order valence-electron chi connectivity index (χ4n) is 2.00. The molecule has 0 bridgehead atoms. The number of benzene rings is 2. The number of rotatable bonds is 5. The first-order chi connectivity index (χ1) is 11.9. The molecule has 1 N–H and O–H groups in total. The van der Waals surface area contributed by atoms with Crippen LogP contribution < -0.4 is 9.50 Å². The molecule has 142 valence electrons. The van der Waals surface area contributed by atoms with E-state index in [4.69, 9.17) is 34.8 Å². The number of hydrogen-bond acceptors (Lipinski definition) is 4. The van der Waals surface area contributed by atoms with Crippen molar-refractivity contribution in [3.05, 3.63) is 57.0 Å². The lowest BCUT2D eigenvalue weighted by Gasteiger charge is -2.19. The molecular weight excluding hydrogens is 438 g/mol. The van der Waals surface area contributed by atoms with Crippen molar-refractivity contribution in [3.8, 4) is 5.75 Å². The van der Waals surface area contributed by atoms with E-state index in [2.05, 4.69) is 9.50 Å². The molecule has 0 amide bonds. The van der Waals surface area contributed by atoms with Crippen molar-refractivity contribution in [1.82, 2.24) is 0 Å². The van der Waals surface area contributed by atoms with E-state index in [0.29, 0.717) is 15.6 Å². The Morgan fingerprint density at radius 3 is 2.27 bits per heavy atom. The highest BCUT2D eigenvalue weighted by atomic mass is 35.5.